The minimum absolute atomic E-state index is 0.0780. The Morgan fingerprint density at radius 3 is 2.42 bits per heavy atom. The molecule has 0 aromatic heterocycles. The lowest BCUT2D eigenvalue weighted by molar-refractivity contribution is -0.127. The van der Waals surface area contributed by atoms with Crippen molar-refractivity contribution in [3.8, 4) is 11.5 Å². The third kappa shape index (κ3) is 7.32. The van der Waals surface area contributed by atoms with E-state index in [1.807, 2.05) is 36.9 Å². The molecule has 1 saturated heterocycles. The van der Waals surface area contributed by atoms with Crippen LogP contribution in [0.5, 0.6) is 11.5 Å². The van der Waals surface area contributed by atoms with Crippen LogP contribution in [-0.4, -0.2) is 67.6 Å². The molecule has 8 heteroatoms. The van der Waals surface area contributed by atoms with E-state index < -0.39 is 5.82 Å². The average molecular weight is 456 g/mol. The molecule has 2 amide bonds. The molecule has 176 valence electrons. The Balaban J connectivity index is 1.48. The predicted octanol–water partition coefficient (Wildman–Crippen LogP) is 3.42. The number of nitrogens with zero attached hydrogens (tertiary/aromatic N) is 2. The van der Waals surface area contributed by atoms with Crippen LogP contribution in [0.1, 0.15) is 19.4 Å². The molecule has 2 aromatic rings. The molecule has 3 rings (SSSR count). The molecule has 1 aliphatic heterocycles. The molecule has 0 bridgehead atoms. The second-order valence-corrected chi connectivity index (χ2v) is 7.57. The number of ether oxygens (including phenoxy) is 2. The van der Waals surface area contributed by atoms with Crippen molar-refractivity contribution in [2.75, 3.05) is 51.3 Å². The van der Waals surface area contributed by atoms with Gasteiger partial charge in [-0.05, 0) is 55.8 Å². The third-order valence-corrected chi connectivity index (χ3v) is 5.15. The first kappa shape index (κ1) is 24.3. The monoisotopic (exact) mass is 455 g/mol. The minimum Gasteiger partial charge on any atom is -0.490 e. The van der Waals surface area contributed by atoms with Crippen LogP contribution in [0.4, 0.5) is 10.1 Å². The van der Waals surface area contributed by atoms with E-state index >= 15 is 0 Å². The summed E-state index contributed by atoms with van der Waals surface area (Å²) < 4.78 is 24.4. The number of carbonyl (C=O) groups is 2. The van der Waals surface area contributed by atoms with E-state index in [4.69, 9.17) is 9.47 Å². The number of carbonyl (C=O) groups excluding carboxylic acids is 2. The zero-order valence-electron chi connectivity index (χ0n) is 19.1. The largest absolute Gasteiger partial charge is 0.490 e. The quantitative estimate of drug-likeness (QED) is 0.587. The zero-order valence-corrected chi connectivity index (χ0v) is 19.1. The second kappa shape index (κ2) is 12.0. The maximum atomic E-state index is 13.3. The summed E-state index contributed by atoms with van der Waals surface area (Å²) in [7, 11) is 0. The van der Waals surface area contributed by atoms with Gasteiger partial charge in [0.15, 0.2) is 11.5 Å². The SMILES string of the molecule is CCOc1ccc(/C=C/C(=O)N2CCN(CC(=O)Nc3cccc(F)c3)CC2)cc1OCC. The van der Waals surface area contributed by atoms with E-state index in [1.54, 1.807) is 29.2 Å². The predicted molar refractivity (Wildman–Crippen MR) is 126 cm³/mol. The Bertz CT molecular complexity index is 987. The number of hydrogen-bond acceptors (Lipinski definition) is 5. The molecule has 1 aliphatic rings. The summed E-state index contributed by atoms with van der Waals surface area (Å²) in [6, 6.07) is 11.4. The smallest absolute Gasteiger partial charge is 0.246 e. The Hall–Kier alpha value is -3.39. The Morgan fingerprint density at radius 1 is 1.00 bits per heavy atom. The van der Waals surface area contributed by atoms with Gasteiger partial charge in [-0.3, -0.25) is 14.5 Å². The number of anilines is 1. The van der Waals surface area contributed by atoms with E-state index in [0.29, 0.717) is 56.6 Å². The topological polar surface area (TPSA) is 71.1 Å². The fourth-order valence-corrected chi connectivity index (χ4v) is 3.54. The molecule has 33 heavy (non-hydrogen) atoms. The standard InChI is InChI=1S/C25H30FN3O4/c1-3-32-22-10-8-19(16-23(22)33-4-2)9-11-25(31)29-14-12-28(13-15-29)18-24(30)27-21-7-5-6-20(26)17-21/h5-11,16-17H,3-4,12-15,18H2,1-2H3,(H,27,30)/b11-9+. The van der Waals surface area contributed by atoms with Gasteiger partial charge in [0, 0.05) is 37.9 Å². The van der Waals surface area contributed by atoms with Crippen molar-refractivity contribution < 1.29 is 23.5 Å². The summed E-state index contributed by atoms with van der Waals surface area (Å²) in [5, 5.41) is 2.70. The van der Waals surface area contributed by atoms with Gasteiger partial charge in [0.1, 0.15) is 5.82 Å². The van der Waals surface area contributed by atoms with Crippen molar-refractivity contribution in [1.29, 1.82) is 0 Å². The molecule has 7 nitrogen and oxygen atoms in total. The summed E-state index contributed by atoms with van der Waals surface area (Å²) in [5.74, 6) is 0.651. The highest BCUT2D eigenvalue weighted by Crippen LogP contribution is 2.29. The summed E-state index contributed by atoms with van der Waals surface area (Å²) in [6.45, 7) is 7.34. The molecule has 0 spiro atoms. The lowest BCUT2D eigenvalue weighted by Gasteiger charge is -2.33. The minimum atomic E-state index is -0.396. The highest BCUT2D eigenvalue weighted by Gasteiger charge is 2.21. The molecule has 1 fully saturated rings. The van der Waals surface area contributed by atoms with Crippen LogP contribution in [-0.2, 0) is 9.59 Å². The summed E-state index contributed by atoms with van der Waals surface area (Å²) in [6.07, 6.45) is 3.32. The molecule has 0 unspecified atom stereocenters. The van der Waals surface area contributed by atoms with Crippen molar-refractivity contribution in [3.63, 3.8) is 0 Å². The van der Waals surface area contributed by atoms with Gasteiger partial charge in [-0.25, -0.2) is 4.39 Å². The van der Waals surface area contributed by atoms with Gasteiger partial charge in [-0.2, -0.15) is 0 Å². The van der Waals surface area contributed by atoms with Crippen molar-refractivity contribution in [2.45, 2.75) is 13.8 Å². The van der Waals surface area contributed by atoms with Crippen LogP contribution in [0.3, 0.4) is 0 Å². The molecule has 2 aromatic carbocycles. The second-order valence-electron chi connectivity index (χ2n) is 7.57. The van der Waals surface area contributed by atoms with Gasteiger partial charge < -0.3 is 19.7 Å². The normalized spacial score (nSPS) is 14.3. The maximum Gasteiger partial charge on any atom is 0.246 e. The van der Waals surface area contributed by atoms with Crippen molar-refractivity contribution in [1.82, 2.24) is 9.80 Å². The van der Waals surface area contributed by atoms with Gasteiger partial charge in [-0.1, -0.05) is 12.1 Å². The molecule has 0 atom stereocenters. The lowest BCUT2D eigenvalue weighted by atomic mass is 10.1. The number of piperazine rings is 1. The number of amides is 2. The average Bonchev–Trinajstić information content (AvgIpc) is 2.79. The van der Waals surface area contributed by atoms with Crippen LogP contribution in [0, 0.1) is 5.82 Å². The Morgan fingerprint density at radius 2 is 1.73 bits per heavy atom. The summed E-state index contributed by atoms with van der Waals surface area (Å²) in [5.41, 5.74) is 1.28. The fourth-order valence-electron chi connectivity index (χ4n) is 3.54. The number of rotatable bonds is 9. The van der Waals surface area contributed by atoms with Crippen LogP contribution < -0.4 is 14.8 Å². The Kier molecular flexibility index (Phi) is 8.83. The van der Waals surface area contributed by atoms with E-state index in [0.717, 1.165) is 5.56 Å². The highest BCUT2D eigenvalue weighted by atomic mass is 19.1. The highest BCUT2D eigenvalue weighted by molar-refractivity contribution is 5.93. The van der Waals surface area contributed by atoms with E-state index in [1.165, 1.54) is 12.1 Å². The number of nitrogens with one attached hydrogen (secondary N) is 1. The van der Waals surface area contributed by atoms with E-state index in [-0.39, 0.29) is 18.4 Å². The van der Waals surface area contributed by atoms with Gasteiger partial charge in [0.2, 0.25) is 11.8 Å². The molecule has 1 N–H and O–H groups in total. The summed E-state index contributed by atoms with van der Waals surface area (Å²) in [4.78, 5) is 28.6. The van der Waals surface area contributed by atoms with Crippen molar-refractivity contribution in [3.05, 3.63) is 59.9 Å². The lowest BCUT2D eigenvalue weighted by Crippen LogP contribution is -2.50. The van der Waals surface area contributed by atoms with Gasteiger partial charge >= 0.3 is 0 Å². The third-order valence-electron chi connectivity index (χ3n) is 5.15. The van der Waals surface area contributed by atoms with Gasteiger partial charge in [0.25, 0.3) is 0 Å². The number of hydrogen-bond donors (Lipinski definition) is 1. The first-order valence-electron chi connectivity index (χ1n) is 11.1. The number of halogens is 1. The molecular weight excluding hydrogens is 425 g/mol. The molecular formula is C25H30FN3O4. The first-order chi connectivity index (χ1) is 16.0. The molecule has 1 heterocycles. The molecule has 0 radical (unpaired) electrons. The van der Waals surface area contributed by atoms with Crippen LogP contribution in [0.25, 0.3) is 6.08 Å². The first-order valence-corrected chi connectivity index (χ1v) is 11.1. The molecule has 0 saturated carbocycles. The van der Waals surface area contributed by atoms with Crippen LogP contribution in [0.15, 0.2) is 48.5 Å². The summed E-state index contributed by atoms with van der Waals surface area (Å²) >= 11 is 0. The fraction of sp³-hybridized carbons (Fsp3) is 0.360. The van der Waals surface area contributed by atoms with E-state index in [2.05, 4.69) is 5.32 Å². The van der Waals surface area contributed by atoms with Gasteiger partial charge in [-0.15, -0.1) is 0 Å². The Labute approximate surface area is 193 Å². The van der Waals surface area contributed by atoms with E-state index in [9.17, 15) is 14.0 Å². The molecule has 0 aliphatic carbocycles. The zero-order chi connectivity index (χ0) is 23.6. The van der Waals surface area contributed by atoms with Gasteiger partial charge in [0.05, 0.1) is 19.8 Å². The van der Waals surface area contributed by atoms with Crippen molar-refractivity contribution in [2.24, 2.45) is 0 Å². The maximum absolute atomic E-state index is 13.3. The number of benzene rings is 2. The van der Waals surface area contributed by atoms with Crippen LogP contribution in [0.2, 0.25) is 0 Å². The van der Waals surface area contributed by atoms with Crippen LogP contribution >= 0.6 is 0 Å². The van der Waals surface area contributed by atoms with Crippen molar-refractivity contribution >= 4 is 23.6 Å².